The minimum absolute atomic E-state index is 0.0666. The van der Waals surface area contributed by atoms with E-state index in [2.05, 4.69) is 19.9 Å². The summed E-state index contributed by atoms with van der Waals surface area (Å²) in [5.41, 5.74) is 4.54. The molecule has 0 atom stereocenters. The number of imidazole rings is 1. The van der Waals surface area contributed by atoms with Crippen molar-refractivity contribution >= 4 is 28.7 Å². The molecule has 1 fully saturated rings. The van der Waals surface area contributed by atoms with Crippen LogP contribution in [0.5, 0.6) is 11.9 Å². The molecule has 2 N–H and O–H groups in total. The predicted octanol–water partition coefficient (Wildman–Crippen LogP) is 5.37. The van der Waals surface area contributed by atoms with E-state index >= 15 is 0 Å². The second-order valence-electron chi connectivity index (χ2n) is 8.30. The number of carboxylic acids is 1. The van der Waals surface area contributed by atoms with E-state index in [1.54, 1.807) is 19.4 Å². The molecule has 3 heterocycles. The lowest BCUT2D eigenvalue weighted by atomic mass is 9.87. The number of hydrogen-bond acceptors (Lipinski definition) is 6. The van der Waals surface area contributed by atoms with Crippen molar-refractivity contribution < 1.29 is 19.4 Å². The van der Waals surface area contributed by atoms with Crippen molar-refractivity contribution in [3.05, 3.63) is 53.7 Å². The molecule has 0 radical (unpaired) electrons. The fraction of sp³-hybridized carbons (Fsp3) is 0.280. The molecule has 0 unspecified atom stereocenters. The molecule has 0 saturated heterocycles. The molecule has 0 aliphatic heterocycles. The Hall–Kier alpha value is -3.65. The zero-order valence-electron chi connectivity index (χ0n) is 18.5. The number of ether oxygens (including phenoxy) is 2. The Balaban J connectivity index is 1.36. The van der Waals surface area contributed by atoms with E-state index in [0.29, 0.717) is 59.5 Å². The molecule has 1 aliphatic rings. The maximum absolute atomic E-state index is 11.1. The predicted molar refractivity (Wildman–Crippen MR) is 128 cm³/mol. The van der Waals surface area contributed by atoms with Gasteiger partial charge in [0.1, 0.15) is 6.10 Å². The normalized spacial score (nSPS) is 18.1. The van der Waals surface area contributed by atoms with Crippen molar-refractivity contribution in [3.63, 3.8) is 0 Å². The summed E-state index contributed by atoms with van der Waals surface area (Å²) in [5, 5.41) is 9.66. The number of benzene rings is 1. The molecule has 0 bridgehead atoms. The molecule has 34 heavy (non-hydrogen) atoms. The fourth-order valence-electron chi connectivity index (χ4n) is 4.32. The summed E-state index contributed by atoms with van der Waals surface area (Å²) in [6, 6.07) is 13.8. The molecular formula is C25H23ClN4O4. The first-order valence-corrected chi connectivity index (χ1v) is 11.4. The van der Waals surface area contributed by atoms with Crippen molar-refractivity contribution in [1.82, 2.24) is 19.9 Å². The van der Waals surface area contributed by atoms with Gasteiger partial charge in [0.05, 0.1) is 29.3 Å². The second-order valence-corrected chi connectivity index (χ2v) is 8.71. The Morgan fingerprint density at radius 3 is 2.53 bits per heavy atom. The van der Waals surface area contributed by atoms with Crippen molar-refractivity contribution in [1.29, 1.82) is 0 Å². The lowest BCUT2D eigenvalue weighted by Gasteiger charge is -2.25. The van der Waals surface area contributed by atoms with Crippen LogP contribution in [-0.2, 0) is 4.79 Å². The number of H-pyrrole nitrogens is 1. The number of rotatable bonds is 6. The quantitative estimate of drug-likeness (QED) is 0.383. The van der Waals surface area contributed by atoms with Gasteiger partial charge in [-0.15, -0.1) is 0 Å². The highest BCUT2D eigenvalue weighted by Crippen LogP contribution is 2.33. The van der Waals surface area contributed by atoms with E-state index in [1.165, 1.54) is 0 Å². The van der Waals surface area contributed by atoms with Crippen molar-refractivity contribution in [2.24, 2.45) is 5.92 Å². The van der Waals surface area contributed by atoms with Crippen molar-refractivity contribution in [2.45, 2.75) is 31.8 Å². The Morgan fingerprint density at radius 2 is 1.82 bits per heavy atom. The van der Waals surface area contributed by atoms with Gasteiger partial charge >= 0.3 is 5.97 Å². The minimum atomic E-state index is -0.735. The van der Waals surface area contributed by atoms with Crippen LogP contribution < -0.4 is 9.47 Å². The number of aromatic nitrogens is 4. The van der Waals surface area contributed by atoms with E-state index in [4.69, 9.17) is 26.2 Å². The third kappa shape index (κ3) is 4.41. The van der Waals surface area contributed by atoms with Gasteiger partial charge in [0.15, 0.2) is 5.65 Å². The van der Waals surface area contributed by atoms with Gasteiger partial charge in [-0.1, -0.05) is 35.9 Å². The highest BCUT2D eigenvalue weighted by atomic mass is 35.5. The van der Waals surface area contributed by atoms with Gasteiger partial charge in [0.25, 0.3) is 6.01 Å². The van der Waals surface area contributed by atoms with E-state index < -0.39 is 5.97 Å². The number of carbonyl (C=O) groups is 1. The molecule has 0 amide bonds. The monoisotopic (exact) mass is 478 g/mol. The van der Waals surface area contributed by atoms with Gasteiger partial charge in [0, 0.05) is 17.3 Å². The van der Waals surface area contributed by atoms with E-state index in [0.717, 1.165) is 16.7 Å². The molecule has 1 aromatic carbocycles. The van der Waals surface area contributed by atoms with Gasteiger partial charge in [-0.05, 0) is 49.4 Å². The van der Waals surface area contributed by atoms with Crippen LogP contribution in [0.2, 0.25) is 5.02 Å². The van der Waals surface area contributed by atoms with Crippen LogP contribution in [0.25, 0.3) is 33.5 Å². The lowest BCUT2D eigenvalue weighted by molar-refractivity contribution is -0.143. The highest BCUT2D eigenvalue weighted by Gasteiger charge is 2.27. The summed E-state index contributed by atoms with van der Waals surface area (Å²) in [6.07, 6.45) is 4.20. The number of nitrogens with zero attached hydrogens (tertiary/aromatic N) is 3. The van der Waals surface area contributed by atoms with Crippen LogP contribution in [-0.4, -0.2) is 44.2 Å². The molecule has 174 valence electrons. The summed E-state index contributed by atoms with van der Waals surface area (Å²) in [5.74, 6) is -0.460. The number of fused-ring (bicyclic) bond motifs is 1. The number of hydrogen-bond donors (Lipinski definition) is 2. The van der Waals surface area contributed by atoms with Crippen molar-refractivity contribution in [3.8, 4) is 34.3 Å². The van der Waals surface area contributed by atoms with Crippen LogP contribution in [0.4, 0.5) is 0 Å². The highest BCUT2D eigenvalue weighted by molar-refractivity contribution is 6.33. The largest absolute Gasteiger partial charge is 0.481 e. The maximum Gasteiger partial charge on any atom is 0.306 e. The zero-order chi connectivity index (χ0) is 23.7. The summed E-state index contributed by atoms with van der Waals surface area (Å²) in [7, 11) is 1.60. The topological polar surface area (TPSA) is 110 Å². The van der Waals surface area contributed by atoms with Gasteiger partial charge in [0.2, 0.25) is 5.88 Å². The smallest absolute Gasteiger partial charge is 0.306 e. The SMILES string of the molecule is COc1ncccc1-c1ccc(-c2nc3nc(O[C@H]4CC[C@H](C(=O)O)CC4)[nH]c3cc2Cl)cc1. The average Bonchev–Trinajstić information content (AvgIpc) is 3.24. The van der Waals surface area contributed by atoms with Gasteiger partial charge in [-0.3, -0.25) is 4.79 Å². The fourth-order valence-corrected chi connectivity index (χ4v) is 4.58. The number of pyridine rings is 2. The summed E-state index contributed by atoms with van der Waals surface area (Å²) >= 11 is 6.55. The standard InChI is InChI=1S/C25H23ClN4O4/c1-33-23-18(3-2-12-27-23)14-4-6-15(7-5-14)21-19(26)13-20-22(29-21)30-25(28-20)34-17-10-8-16(9-11-17)24(31)32/h2-7,12-13,16-17H,8-11H2,1H3,(H,31,32)(H,28,29,30)/t16-,17-. The summed E-state index contributed by atoms with van der Waals surface area (Å²) < 4.78 is 11.3. The summed E-state index contributed by atoms with van der Waals surface area (Å²) in [6.45, 7) is 0. The molecule has 1 aliphatic carbocycles. The Kier molecular flexibility index (Phi) is 6.06. The molecule has 4 aromatic rings. The number of methoxy groups -OCH3 is 1. The molecule has 8 nitrogen and oxygen atoms in total. The Labute approximate surface area is 200 Å². The minimum Gasteiger partial charge on any atom is -0.481 e. The number of aliphatic carboxylic acids is 1. The summed E-state index contributed by atoms with van der Waals surface area (Å²) in [4.78, 5) is 27.7. The Morgan fingerprint density at radius 1 is 1.09 bits per heavy atom. The molecule has 0 spiro atoms. The lowest BCUT2D eigenvalue weighted by Crippen LogP contribution is -2.28. The van der Waals surface area contributed by atoms with Gasteiger partial charge in [-0.25, -0.2) is 9.97 Å². The maximum atomic E-state index is 11.1. The van der Waals surface area contributed by atoms with Crippen LogP contribution in [0.1, 0.15) is 25.7 Å². The van der Waals surface area contributed by atoms with Crippen LogP contribution in [0.3, 0.4) is 0 Å². The van der Waals surface area contributed by atoms with Gasteiger partial charge < -0.3 is 19.6 Å². The van der Waals surface area contributed by atoms with Crippen LogP contribution in [0, 0.1) is 5.92 Å². The average molecular weight is 479 g/mol. The van der Waals surface area contributed by atoms with E-state index in [9.17, 15) is 4.79 Å². The first-order chi connectivity index (χ1) is 16.5. The molecule has 5 rings (SSSR count). The van der Waals surface area contributed by atoms with Crippen molar-refractivity contribution in [2.75, 3.05) is 7.11 Å². The molecule has 9 heteroatoms. The molecule has 3 aromatic heterocycles. The van der Waals surface area contributed by atoms with Crippen LogP contribution >= 0.6 is 11.6 Å². The van der Waals surface area contributed by atoms with Gasteiger partial charge in [-0.2, -0.15) is 4.98 Å². The molecular weight excluding hydrogens is 456 g/mol. The first kappa shape index (κ1) is 22.2. The van der Waals surface area contributed by atoms with E-state index in [-0.39, 0.29) is 12.0 Å². The Bertz CT molecular complexity index is 1330. The third-order valence-corrected chi connectivity index (χ3v) is 6.43. The molecule has 1 saturated carbocycles. The number of aromatic amines is 1. The third-order valence-electron chi connectivity index (χ3n) is 6.14. The van der Waals surface area contributed by atoms with E-state index in [1.807, 2.05) is 36.4 Å². The second kappa shape index (κ2) is 9.30. The van der Waals surface area contributed by atoms with Crippen LogP contribution in [0.15, 0.2) is 48.7 Å². The number of carboxylic acid groups (broad SMARTS) is 1. The number of nitrogens with one attached hydrogen (secondary N) is 1. The first-order valence-electron chi connectivity index (χ1n) is 11.1. The zero-order valence-corrected chi connectivity index (χ0v) is 19.2. The number of halogens is 1.